The van der Waals surface area contributed by atoms with Crippen molar-refractivity contribution in [2.24, 2.45) is 0 Å². The molecule has 0 heterocycles. The fraction of sp³-hybridized carbons (Fsp3) is 0.333. The lowest BCUT2D eigenvalue weighted by Gasteiger charge is -2.17. The van der Waals surface area contributed by atoms with E-state index in [9.17, 15) is 17.6 Å². The first-order valence-corrected chi connectivity index (χ1v) is 4.84. The Kier molecular flexibility index (Phi) is 4.43. The molecule has 0 N–H and O–H groups in total. The number of hydrogen-bond acceptors (Lipinski definition) is 2. The van der Waals surface area contributed by atoms with Gasteiger partial charge in [-0.1, -0.05) is 5.92 Å². The standard InChI is InChI=1S/C12H10F4O2/c1-3-8-4-5-9(17-2)10(6-8)18-7-12(15,16)11(13)14/h1,4-6,11H,7H2,2H3. The molecule has 1 aromatic rings. The average molecular weight is 262 g/mol. The minimum atomic E-state index is -4.23. The third kappa shape index (κ3) is 3.29. The van der Waals surface area contributed by atoms with Gasteiger partial charge in [0.25, 0.3) is 0 Å². The monoisotopic (exact) mass is 262 g/mol. The summed E-state index contributed by atoms with van der Waals surface area (Å²) in [5, 5.41) is 0. The normalized spacial score (nSPS) is 11.2. The van der Waals surface area contributed by atoms with E-state index in [0.29, 0.717) is 5.56 Å². The molecule has 0 unspecified atom stereocenters. The Morgan fingerprint density at radius 1 is 1.33 bits per heavy atom. The highest BCUT2D eigenvalue weighted by Gasteiger charge is 2.41. The lowest BCUT2D eigenvalue weighted by atomic mass is 10.2. The fourth-order valence-electron chi connectivity index (χ4n) is 1.12. The van der Waals surface area contributed by atoms with Gasteiger partial charge in [-0.15, -0.1) is 6.42 Å². The zero-order valence-corrected chi connectivity index (χ0v) is 9.42. The van der Waals surface area contributed by atoms with Crippen molar-refractivity contribution in [3.8, 4) is 23.8 Å². The van der Waals surface area contributed by atoms with Crippen LogP contribution < -0.4 is 9.47 Å². The Balaban J connectivity index is 2.87. The molecule has 0 aliphatic rings. The third-order valence-corrected chi connectivity index (χ3v) is 2.07. The average Bonchev–Trinajstić information content (AvgIpc) is 2.35. The molecule has 0 amide bonds. The fourth-order valence-corrected chi connectivity index (χ4v) is 1.12. The summed E-state index contributed by atoms with van der Waals surface area (Å²) in [4.78, 5) is 0. The molecule has 6 heteroatoms. The largest absolute Gasteiger partial charge is 0.493 e. The van der Waals surface area contributed by atoms with Crippen molar-refractivity contribution in [2.45, 2.75) is 12.3 Å². The number of ether oxygens (including phenoxy) is 2. The van der Waals surface area contributed by atoms with E-state index in [4.69, 9.17) is 11.2 Å². The van der Waals surface area contributed by atoms with Crippen molar-refractivity contribution in [2.75, 3.05) is 13.7 Å². The van der Waals surface area contributed by atoms with Gasteiger partial charge in [-0.2, -0.15) is 8.78 Å². The molecule has 18 heavy (non-hydrogen) atoms. The van der Waals surface area contributed by atoms with Crippen molar-refractivity contribution in [1.29, 1.82) is 0 Å². The molecular formula is C12H10F4O2. The van der Waals surface area contributed by atoms with Crippen LogP contribution in [0.15, 0.2) is 18.2 Å². The first-order valence-electron chi connectivity index (χ1n) is 4.84. The van der Waals surface area contributed by atoms with Gasteiger partial charge < -0.3 is 9.47 Å². The predicted octanol–water partition coefficient (Wildman–Crippen LogP) is 2.96. The van der Waals surface area contributed by atoms with E-state index in [1.165, 1.54) is 25.3 Å². The minimum Gasteiger partial charge on any atom is -0.493 e. The van der Waals surface area contributed by atoms with Crippen LogP contribution in [0.5, 0.6) is 11.5 Å². The summed E-state index contributed by atoms with van der Waals surface area (Å²) in [6.45, 7) is -1.45. The molecule has 0 saturated carbocycles. The van der Waals surface area contributed by atoms with Crippen LogP contribution in [-0.4, -0.2) is 26.1 Å². The van der Waals surface area contributed by atoms with Crippen molar-refractivity contribution in [1.82, 2.24) is 0 Å². The number of rotatable bonds is 5. The first kappa shape index (κ1) is 14.2. The van der Waals surface area contributed by atoms with Crippen molar-refractivity contribution < 1.29 is 27.0 Å². The van der Waals surface area contributed by atoms with Crippen molar-refractivity contribution in [3.63, 3.8) is 0 Å². The summed E-state index contributed by atoms with van der Waals surface area (Å²) < 4.78 is 58.8. The molecule has 0 atom stereocenters. The van der Waals surface area contributed by atoms with Crippen LogP contribution in [0.4, 0.5) is 17.6 Å². The summed E-state index contributed by atoms with van der Waals surface area (Å²) in [5.74, 6) is -1.92. The highest BCUT2D eigenvalue weighted by molar-refractivity contribution is 5.47. The lowest BCUT2D eigenvalue weighted by molar-refractivity contribution is -0.148. The first-order chi connectivity index (χ1) is 8.40. The zero-order valence-electron chi connectivity index (χ0n) is 9.42. The van der Waals surface area contributed by atoms with Gasteiger partial charge in [0.2, 0.25) is 0 Å². The minimum absolute atomic E-state index is 0.103. The maximum Gasteiger partial charge on any atom is 0.340 e. The quantitative estimate of drug-likeness (QED) is 0.600. The zero-order chi connectivity index (χ0) is 13.8. The highest BCUT2D eigenvalue weighted by atomic mass is 19.3. The van der Waals surface area contributed by atoms with Gasteiger partial charge in [0.15, 0.2) is 18.1 Å². The van der Waals surface area contributed by atoms with E-state index in [2.05, 4.69) is 10.7 Å². The Bertz CT molecular complexity index is 452. The van der Waals surface area contributed by atoms with E-state index >= 15 is 0 Å². The van der Waals surface area contributed by atoms with Gasteiger partial charge in [0.1, 0.15) is 0 Å². The molecule has 1 aromatic carbocycles. The van der Waals surface area contributed by atoms with Gasteiger partial charge >= 0.3 is 12.3 Å². The summed E-state index contributed by atoms with van der Waals surface area (Å²) in [6.07, 6.45) is 1.33. The molecule has 0 aromatic heterocycles. The summed E-state index contributed by atoms with van der Waals surface area (Å²) in [5.41, 5.74) is 0.367. The molecule has 0 aliphatic carbocycles. The number of terminal acetylenes is 1. The molecule has 0 saturated heterocycles. The van der Waals surface area contributed by atoms with Gasteiger partial charge in [-0.25, -0.2) is 8.78 Å². The maximum absolute atomic E-state index is 12.7. The van der Waals surface area contributed by atoms with Crippen LogP contribution in [0.1, 0.15) is 5.56 Å². The Hall–Kier alpha value is -1.90. The van der Waals surface area contributed by atoms with Crippen LogP contribution in [0.3, 0.4) is 0 Å². The smallest absolute Gasteiger partial charge is 0.340 e. The predicted molar refractivity (Wildman–Crippen MR) is 57.4 cm³/mol. The number of hydrogen-bond donors (Lipinski definition) is 0. The second-order valence-electron chi connectivity index (χ2n) is 3.36. The van der Waals surface area contributed by atoms with E-state index in [1.54, 1.807) is 0 Å². The highest BCUT2D eigenvalue weighted by Crippen LogP contribution is 2.30. The van der Waals surface area contributed by atoms with E-state index in [0.717, 1.165) is 0 Å². The van der Waals surface area contributed by atoms with Crippen LogP contribution >= 0.6 is 0 Å². The topological polar surface area (TPSA) is 18.5 Å². The summed E-state index contributed by atoms with van der Waals surface area (Å²) >= 11 is 0. The molecule has 0 fully saturated rings. The van der Waals surface area contributed by atoms with Crippen LogP contribution in [-0.2, 0) is 0 Å². The molecule has 0 radical (unpaired) electrons. The van der Waals surface area contributed by atoms with Crippen LogP contribution in [0.25, 0.3) is 0 Å². The van der Waals surface area contributed by atoms with Gasteiger partial charge in [-0.3, -0.25) is 0 Å². The molecule has 0 aliphatic heterocycles. The van der Waals surface area contributed by atoms with E-state index < -0.39 is 19.0 Å². The SMILES string of the molecule is C#Cc1ccc(OC)c(OCC(F)(F)C(F)F)c1. The number of halogens is 4. The molecule has 98 valence electrons. The second-order valence-corrected chi connectivity index (χ2v) is 3.36. The van der Waals surface area contributed by atoms with Crippen molar-refractivity contribution >= 4 is 0 Å². The van der Waals surface area contributed by atoms with E-state index in [1.807, 2.05) is 0 Å². The third-order valence-electron chi connectivity index (χ3n) is 2.07. The molecular weight excluding hydrogens is 252 g/mol. The molecule has 0 bridgehead atoms. The lowest BCUT2D eigenvalue weighted by Crippen LogP contribution is -2.33. The number of alkyl halides is 4. The molecule has 0 spiro atoms. The summed E-state index contributed by atoms with van der Waals surface area (Å²) in [6, 6.07) is 4.18. The maximum atomic E-state index is 12.7. The summed E-state index contributed by atoms with van der Waals surface area (Å²) in [7, 11) is 1.29. The van der Waals surface area contributed by atoms with Crippen molar-refractivity contribution in [3.05, 3.63) is 23.8 Å². The van der Waals surface area contributed by atoms with Gasteiger partial charge in [0.05, 0.1) is 7.11 Å². The Morgan fingerprint density at radius 3 is 2.50 bits per heavy atom. The number of benzene rings is 1. The Labute approximate surface area is 102 Å². The van der Waals surface area contributed by atoms with Gasteiger partial charge in [-0.05, 0) is 18.2 Å². The second kappa shape index (κ2) is 5.63. The van der Waals surface area contributed by atoms with Crippen LogP contribution in [0, 0.1) is 12.3 Å². The van der Waals surface area contributed by atoms with Gasteiger partial charge in [0, 0.05) is 5.56 Å². The van der Waals surface area contributed by atoms with E-state index in [-0.39, 0.29) is 11.5 Å². The van der Waals surface area contributed by atoms with Crippen LogP contribution in [0.2, 0.25) is 0 Å². The Morgan fingerprint density at radius 2 is 2.00 bits per heavy atom. The number of methoxy groups -OCH3 is 1. The molecule has 1 rings (SSSR count). The molecule has 2 nitrogen and oxygen atoms in total.